The van der Waals surface area contributed by atoms with E-state index in [0.29, 0.717) is 12.2 Å². The molecule has 3 rings (SSSR count). The molecule has 0 aromatic carbocycles. The van der Waals surface area contributed by atoms with Gasteiger partial charge in [-0.05, 0) is 25.0 Å². The molecule has 112 valence electrons. The average molecular weight is 306 g/mol. The molecule has 1 aromatic rings. The standard InChI is InChI=1S/C14H18N4O2S/c19-13(10-18-7-8-21-14(18)20)16-11-3-4-12(15-9-11)17-5-1-2-6-17/h3-4,9H,1-2,5-8,10H2,(H,16,19). The number of hydrogen-bond donors (Lipinski definition) is 1. The van der Waals surface area contributed by atoms with Crippen LogP contribution in [0.2, 0.25) is 0 Å². The molecule has 0 bridgehead atoms. The van der Waals surface area contributed by atoms with Crippen molar-refractivity contribution in [2.75, 3.05) is 42.1 Å². The third kappa shape index (κ3) is 3.47. The van der Waals surface area contributed by atoms with Crippen LogP contribution in [-0.4, -0.2) is 53.0 Å². The molecule has 3 heterocycles. The van der Waals surface area contributed by atoms with Gasteiger partial charge in [-0.25, -0.2) is 4.98 Å². The number of carbonyl (C=O) groups excluding carboxylic acids is 2. The molecule has 2 aliphatic heterocycles. The van der Waals surface area contributed by atoms with Crippen molar-refractivity contribution in [2.45, 2.75) is 12.8 Å². The van der Waals surface area contributed by atoms with Crippen LogP contribution in [0.5, 0.6) is 0 Å². The van der Waals surface area contributed by atoms with Gasteiger partial charge < -0.3 is 15.1 Å². The smallest absolute Gasteiger partial charge is 0.282 e. The third-order valence-electron chi connectivity index (χ3n) is 3.64. The van der Waals surface area contributed by atoms with E-state index in [1.807, 2.05) is 12.1 Å². The first-order chi connectivity index (χ1) is 10.2. The van der Waals surface area contributed by atoms with Gasteiger partial charge >= 0.3 is 0 Å². The van der Waals surface area contributed by atoms with Crippen molar-refractivity contribution >= 4 is 34.4 Å². The molecule has 0 saturated carbocycles. The fourth-order valence-corrected chi connectivity index (χ4v) is 3.36. The van der Waals surface area contributed by atoms with Crippen LogP contribution in [0.25, 0.3) is 0 Å². The molecule has 2 aliphatic rings. The van der Waals surface area contributed by atoms with Crippen LogP contribution < -0.4 is 10.2 Å². The molecule has 7 heteroatoms. The number of nitrogens with one attached hydrogen (secondary N) is 1. The summed E-state index contributed by atoms with van der Waals surface area (Å²) in [5.41, 5.74) is 0.669. The minimum atomic E-state index is -0.179. The highest BCUT2D eigenvalue weighted by molar-refractivity contribution is 8.13. The number of hydrogen-bond acceptors (Lipinski definition) is 5. The van der Waals surface area contributed by atoms with Crippen molar-refractivity contribution < 1.29 is 9.59 Å². The van der Waals surface area contributed by atoms with E-state index in [0.717, 1.165) is 24.7 Å². The van der Waals surface area contributed by atoms with Gasteiger partial charge in [0, 0.05) is 25.4 Å². The van der Waals surface area contributed by atoms with Crippen molar-refractivity contribution in [3.63, 3.8) is 0 Å². The highest BCUT2D eigenvalue weighted by Crippen LogP contribution is 2.19. The zero-order valence-electron chi connectivity index (χ0n) is 11.7. The maximum Gasteiger partial charge on any atom is 0.282 e. The van der Waals surface area contributed by atoms with Gasteiger partial charge in [-0.1, -0.05) is 11.8 Å². The first-order valence-corrected chi connectivity index (χ1v) is 8.13. The van der Waals surface area contributed by atoms with Gasteiger partial charge in [-0.2, -0.15) is 0 Å². The largest absolute Gasteiger partial charge is 0.357 e. The second-order valence-corrected chi connectivity index (χ2v) is 6.23. The summed E-state index contributed by atoms with van der Waals surface area (Å²) >= 11 is 1.26. The number of thioether (sulfide) groups is 1. The lowest BCUT2D eigenvalue weighted by Gasteiger charge is -2.17. The normalized spacial score (nSPS) is 18.4. The molecule has 0 spiro atoms. The molecule has 2 fully saturated rings. The monoisotopic (exact) mass is 306 g/mol. The highest BCUT2D eigenvalue weighted by Gasteiger charge is 2.23. The Morgan fingerprint density at radius 3 is 2.71 bits per heavy atom. The van der Waals surface area contributed by atoms with E-state index < -0.39 is 0 Å². The molecule has 1 aromatic heterocycles. The summed E-state index contributed by atoms with van der Waals surface area (Å²) in [6, 6.07) is 3.79. The molecule has 0 radical (unpaired) electrons. The average Bonchev–Trinajstić information content (AvgIpc) is 3.12. The highest BCUT2D eigenvalue weighted by atomic mass is 32.2. The van der Waals surface area contributed by atoms with Crippen molar-refractivity contribution in [2.24, 2.45) is 0 Å². The summed E-state index contributed by atoms with van der Waals surface area (Å²) in [5, 5.41) is 2.76. The Morgan fingerprint density at radius 1 is 1.29 bits per heavy atom. The van der Waals surface area contributed by atoms with Gasteiger partial charge in [0.25, 0.3) is 5.24 Å². The predicted molar refractivity (Wildman–Crippen MR) is 83.7 cm³/mol. The predicted octanol–water partition coefficient (Wildman–Crippen LogP) is 1.79. The lowest BCUT2D eigenvalue weighted by molar-refractivity contribution is -0.116. The summed E-state index contributed by atoms with van der Waals surface area (Å²) in [4.78, 5) is 31.5. The Morgan fingerprint density at radius 2 is 2.10 bits per heavy atom. The summed E-state index contributed by atoms with van der Waals surface area (Å²) < 4.78 is 0. The molecule has 2 saturated heterocycles. The van der Waals surface area contributed by atoms with E-state index in [1.165, 1.54) is 24.6 Å². The maximum absolute atomic E-state index is 11.9. The molecule has 1 N–H and O–H groups in total. The van der Waals surface area contributed by atoms with Crippen LogP contribution >= 0.6 is 11.8 Å². The zero-order valence-corrected chi connectivity index (χ0v) is 12.6. The lowest BCUT2D eigenvalue weighted by Crippen LogP contribution is -2.33. The topological polar surface area (TPSA) is 65.5 Å². The van der Waals surface area contributed by atoms with Crippen LogP contribution in [0.1, 0.15) is 12.8 Å². The molecule has 0 atom stereocenters. The van der Waals surface area contributed by atoms with E-state index in [-0.39, 0.29) is 17.7 Å². The fourth-order valence-electron chi connectivity index (χ4n) is 2.54. The number of aromatic nitrogens is 1. The molecular weight excluding hydrogens is 288 g/mol. The van der Waals surface area contributed by atoms with E-state index in [9.17, 15) is 9.59 Å². The Balaban J connectivity index is 1.54. The van der Waals surface area contributed by atoms with E-state index in [1.54, 1.807) is 11.1 Å². The van der Waals surface area contributed by atoms with E-state index in [4.69, 9.17) is 0 Å². The second-order valence-electron chi connectivity index (χ2n) is 5.18. The van der Waals surface area contributed by atoms with Crippen LogP contribution in [0.4, 0.5) is 16.3 Å². The van der Waals surface area contributed by atoms with Crippen molar-refractivity contribution in [1.29, 1.82) is 0 Å². The third-order valence-corrected chi connectivity index (χ3v) is 4.53. The Bertz CT molecular complexity index is 528. The van der Waals surface area contributed by atoms with Gasteiger partial charge in [0.2, 0.25) is 5.91 Å². The molecule has 2 amide bonds. The van der Waals surface area contributed by atoms with Crippen LogP contribution in [0, 0.1) is 0 Å². The SMILES string of the molecule is O=C(CN1CCSC1=O)Nc1ccc(N2CCCC2)nc1. The minimum Gasteiger partial charge on any atom is -0.357 e. The molecular formula is C14H18N4O2S. The Kier molecular flexibility index (Phi) is 4.28. The Hall–Kier alpha value is -1.76. The second kappa shape index (κ2) is 6.34. The van der Waals surface area contributed by atoms with Crippen LogP contribution in [-0.2, 0) is 4.79 Å². The van der Waals surface area contributed by atoms with Gasteiger partial charge in [0.15, 0.2) is 0 Å². The van der Waals surface area contributed by atoms with Crippen molar-refractivity contribution in [1.82, 2.24) is 9.88 Å². The van der Waals surface area contributed by atoms with E-state index in [2.05, 4.69) is 15.2 Å². The number of carbonyl (C=O) groups is 2. The zero-order chi connectivity index (χ0) is 14.7. The minimum absolute atomic E-state index is 0.0207. The van der Waals surface area contributed by atoms with Crippen LogP contribution in [0.3, 0.4) is 0 Å². The summed E-state index contributed by atoms with van der Waals surface area (Å²) in [7, 11) is 0. The first kappa shape index (κ1) is 14.2. The molecule has 6 nitrogen and oxygen atoms in total. The first-order valence-electron chi connectivity index (χ1n) is 7.15. The molecule has 0 aliphatic carbocycles. The van der Waals surface area contributed by atoms with E-state index >= 15 is 0 Å². The van der Waals surface area contributed by atoms with Gasteiger partial charge in [0.1, 0.15) is 12.4 Å². The summed E-state index contributed by atoms with van der Waals surface area (Å²) in [6.45, 7) is 2.85. The lowest BCUT2D eigenvalue weighted by atomic mass is 10.3. The summed E-state index contributed by atoms with van der Waals surface area (Å²) in [5.74, 6) is 1.54. The number of anilines is 2. The fraction of sp³-hybridized carbons (Fsp3) is 0.500. The number of pyridine rings is 1. The summed E-state index contributed by atoms with van der Waals surface area (Å²) in [6.07, 6.45) is 4.09. The Labute approximate surface area is 127 Å². The number of nitrogens with zero attached hydrogens (tertiary/aromatic N) is 3. The van der Waals surface area contributed by atoms with Gasteiger partial charge in [0.05, 0.1) is 11.9 Å². The molecule has 0 unspecified atom stereocenters. The van der Waals surface area contributed by atoms with Crippen molar-refractivity contribution in [3.8, 4) is 0 Å². The molecule has 21 heavy (non-hydrogen) atoms. The number of rotatable bonds is 4. The quantitative estimate of drug-likeness (QED) is 0.918. The van der Waals surface area contributed by atoms with Crippen molar-refractivity contribution in [3.05, 3.63) is 18.3 Å². The van der Waals surface area contributed by atoms with Gasteiger partial charge in [-0.3, -0.25) is 9.59 Å². The number of amides is 2. The van der Waals surface area contributed by atoms with Gasteiger partial charge in [-0.15, -0.1) is 0 Å². The maximum atomic E-state index is 11.9. The van der Waals surface area contributed by atoms with Crippen LogP contribution in [0.15, 0.2) is 18.3 Å².